The Hall–Kier alpha value is -4.12. The predicted octanol–water partition coefficient (Wildman–Crippen LogP) is 6.32. The molecule has 1 aliphatic rings. The summed E-state index contributed by atoms with van der Waals surface area (Å²) in [6, 6.07) is 32.5. The molecule has 36 heavy (non-hydrogen) atoms. The molecular formula is C31H30N2O3. The lowest BCUT2D eigenvalue weighted by atomic mass is 9.97. The SMILES string of the molecule is O=CC1CCN(c2cccc(-c3ccc(OCc4ccccc4)nc3OCc3ccccc3)c2)CC1. The number of pyridine rings is 1. The normalized spacial score (nSPS) is 13.8. The third-order valence-electron chi connectivity index (χ3n) is 6.54. The number of carbonyl (C=O) groups excluding carboxylic acids is 1. The minimum Gasteiger partial charge on any atom is -0.473 e. The summed E-state index contributed by atoms with van der Waals surface area (Å²) in [5, 5.41) is 0. The van der Waals surface area contributed by atoms with Gasteiger partial charge in [0.1, 0.15) is 19.5 Å². The van der Waals surface area contributed by atoms with Gasteiger partial charge < -0.3 is 19.2 Å². The highest BCUT2D eigenvalue weighted by Crippen LogP contribution is 2.34. The molecule has 3 aromatic carbocycles. The van der Waals surface area contributed by atoms with Gasteiger partial charge in [-0.15, -0.1) is 0 Å². The second kappa shape index (κ2) is 11.5. The lowest BCUT2D eigenvalue weighted by Gasteiger charge is -2.31. The molecule has 1 saturated heterocycles. The third-order valence-corrected chi connectivity index (χ3v) is 6.54. The summed E-state index contributed by atoms with van der Waals surface area (Å²) >= 11 is 0. The van der Waals surface area contributed by atoms with Gasteiger partial charge in [-0.1, -0.05) is 72.8 Å². The first kappa shape index (κ1) is 23.6. The minimum absolute atomic E-state index is 0.176. The van der Waals surface area contributed by atoms with Gasteiger partial charge in [-0.2, -0.15) is 4.98 Å². The maximum atomic E-state index is 11.1. The summed E-state index contributed by atoms with van der Waals surface area (Å²) in [6.07, 6.45) is 2.89. The zero-order chi connectivity index (χ0) is 24.6. The van der Waals surface area contributed by atoms with E-state index in [1.807, 2.05) is 72.8 Å². The summed E-state index contributed by atoms with van der Waals surface area (Å²) in [4.78, 5) is 18.2. The Morgan fingerprint density at radius 3 is 2.11 bits per heavy atom. The summed E-state index contributed by atoms with van der Waals surface area (Å²) in [5.74, 6) is 1.24. The van der Waals surface area contributed by atoms with Crippen molar-refractivity contribution < 1.29 is 14.3 Å². The number of hydrogen-bond donors (Lipinski definition) is 0. The molecule has 0 radical (unpaired) electrons. The van der Waals surface area contributed by atoms with Gasteiger partial charge in [0, 0.05) is 36.3 Å². The lowest BCUT2D eigenvalue weighted by Crippen LogP contribution is -2.34. The molecule has 5 heteroatoms. The molecule has 0 spiro atoms. The second-order valence-electron chi connectivity index (χ2n) is 9.06. The van der Waals surface area contributed by atoms with Gasteiger partial charge in [0.15, 0.2) is 0 Å². The van der Waals surface area contributed by atoms with Crippen LogP contribution in [0.4, 0.5) is 5.69 Å². The van der Waals surface area contributed by atoms with Crippen LogP contribution in [0.15, 0.2) is 97.1 Å². The summed E-state index contributed by atoms with van der Waals surface area (Å²) in [5.41, 5.74) is 5.27. The molecule has 5 nitrogen and oxygen atoms in total. The van der Waals surface area contributed by atoms with Crippen molar-refractivity contribution in [1.29, 1.82) is 0 Å². The maximum absolute atomic E-state index is 11.1. The van der Waals surface area contributed by atoms with Crippen LogP contribution in [0, 0.1) is 5.92 Å². The van der Waals surface area contributed by atoms with Crippen molar-refractivity contribution in [3.63, 3.8) is 0 Å². The zero-order valence-electron chi connectivity index (χ0n) is 20.3. The maximum Gasteiger partial charge on any atom is 0.225 e. The first-order chi connectivity index (χ1) is 17.8. The second-order valence-corrected chi connectivity index (χ2v) is 9.06. The molecule has 1 aliphatic heterocycles. The van der Waals surface area contributed by atoms with Crippen molar-refractivity contribution in [1.82, 2.24) is 4.98 Å². The summed E-state index contributed by atoms with van der Waals surface area (Å²) in [6.45, 7) is 2.63. The van der Waals surface area contributed by atoms with Crippen molar-refractivity contribution in [3.05, 3.63) is 108 Å². The molecule has 0 atom stereocenters. The number of aldehydes is 1. The quantitative estimate of drug-likeness (QED) is 0.263. The Balaban J connectivity index is 1.39. The number of aromatic nitrogens is 1. The smallest absolute Gasteiger partial charge is 0.225 e. The molecule has 1 aromatic heterocycles. The van der Waals surface area contributed by atoms with Crippen LogP contribution in [0.1, 0.15) is 24.0 Å². The highest BCUT2D eigenvalue weighted by molar-refractivity contribution is 5.73. The van der Waals surface area contributed by atoms with Crippen LogP contribution in [0.25, 0.3) is 11.1 Å². The molecule has 0 bridgehead atoms. The number of nitrogens with zero attached hydrogens (tertiary/aromatic N) is 2. The van der Waals surface area contributed by atoms with Crippen LogP contribution < -0.4 is 14.4 Å². The van der Waals surface area contributed by atoms with E-state index in [0.29, 0.717) is 25.0 Å². The molecular weight excluding hydrogens is 448 g/mol. The average Bonchev–Trinajstić information content (AvgIpc) is 2.96. The fourth-order valence-electron chi connectivity index (χ4n) is 4.45. The molecule has 182 valence electrons. The van der Waals surface area contributed by atoms with Crippen LogP contribution in [0.2, 0.25) is 0 Å². The van der Waals surface area contributed by atoms with Crippen LogP contribution in [-0.4, -0.2) is 24.4 Å². The number of piperidine rings is 1. The van der Waals surface area contributed by atoms with Gasteiger partial charge in [-0.3, -0.25) is 0 Å². The molecule has 2 heterocycles. The van der Waals surface area contributed by atoms with E-state index in [1.165, 1.54) is 0 Å². The largest absolute Gasteiger partial charge is 0.473 e. The van der Waals surface area contributed by atoms with Crippen molar-refractivity contribution in [2.45, 2.75) is 26.1 Å². The monoisotopic (exact) mass is 478 g/mol. The van der Waals surface area contributed by atoms with E-state index in [0.717, 1.165) is 60.2 Å². The van der Waals surface area contributed by atoms with Crippen molar-refractivity contribution in [2.24, 2.45) is 5.92 Å². The Morgan fingerprint density at radius 1 is 0.778 bits per heavy atom. The highest BCUT2D eigenvalue weighted by atomic mass is 16.5. The van der Waals surface area contributed by atoms with E-state index in [1.54, 1.807) is 0 Å². The van der Waals surface area contributed by atoms with Gasteiger partial charge in [-0.05, 0) is 47.7 Å². The van der Waals surface area contributed by atoms with Crippen molar-refractivity contribution in [3.8, 4) is 22.9 Å². The van der Waals surface area contributed by atoms with E-state index in [4.69, 9.17) is 14.5 Å². The molecule has 4 aromatic rings. The standard InChI is InChI=1S/C31H30N2O3/c34-21-24-16-18-33(19-17-24)28-13-7-12-27(20-28)29-14-15-30(35-22-25-8-3-1-4-9-25)32-31(29)36-23-26-10-5-2-6-11-26/h1-15,20-21,24H,16-19,22-23H2. The number of ether oxygens (including phenoxy) is 2. The van der Waals surface area contributed by atoms with Gasteiger partial charge in [0.05, 0.1) is 0 Å². The van der Waals surface area contributed by atoms with Crippen molar-refractivity contribution in [2.75, 3.05) is 18.0 Å². The van der Waals surface area contributed by atoms with Crippen molar-refractivity contribution >= 4 is 12.0 Å². The zero-order valence-corrected chi connectivity index (χ0v) is 20.3. The topological polar surface area (TPSA) is 51.7 Å². The Kier molecular flexibility index (Phi) is 7.57. The number of anilines is 1. The van der Waals surface area contributed by atoms with E-state index in [-0.39, 0.29) is 5.92 Å². The third kappa shape index (κ3) is 5.92. The van der Waals surface area contributed by atoms with Crippen LogP contribution >= 0.6 is 0 Å². The van der Waals surface area contributed by atoms with Crippen LogP contribution in [-0.2, 0) is 18.0 Å². The number of carbonyl (C=O) groups is 1. The van der Waals surface area contributed by atoms with Gasteiger partial charge in [0.25, 0.3) is 0 Å². The van der Waals surface area contributed by atoms with Gasteiger partial charge >= 0.3 is 0 Å². The predicted molar refractivity (Wildman–Crippen MR) is 142 cm³/mol. The molecule has 5 rings (SSSR count). The molecule has 0 N–H and O–H groups in total. The van der Waals surface area contributed by atoms with E-state index in [2.05, 4.69) is 29.2 Å². The summed E-state index contributed by atoms with van der Waals surface area (Å²) < 4.78 is 12.2. The van der Waals surface area contributed by atoms with E-state index < -0.39 is 0 Å². The first-order valence-electron chi connectivity index (χ1n) is 12.4. The minimum atomic E-state index is 0.176. The molecule has 0 amide bonds. The fourth-order valence-corrected chi connectivity index (χ4v) is 4.45. The Labute approximate surface area is 212 Å². The van der Waals surface area contributed by atoms with Gasteiger partial charge in [0.2, 0.25) is 11.8 Å². The number of hydrogen-bond acceptors (Lipinski definition) is 5. The fraction of sp³-hybridized carbons (Fsp3) is 0.226. The Morgan fingerprint density at radius 2 is 1.44 bits per heavy atom. The van der Waals surface area contributed by atoms with Gasteiger partial charge in [-0.25, -0.2) is 0 Å². The van der Waals surface area contributed by atoms with E-state index >= 15 is 0 Å². The molecule has 1 fully saturated rings. The number of benzene rings is 3. The highest BCUT2D eigenvalue weighted by Gasteiger charge is 2.20. The molecule has 0 unspecified atom stereocenters. The molecule has 0 saturated carbocycles. The van der Waals surface area contributed by atoms with Crippen LogP contribution in [0.3, 0.4) is 0 Å². The lowest BCUT2D eigenvalue weighted by molar-refractivity contribution is -0.111. The van der Waals surface area contributed by atoms with E-state index in [9.17, 15) is 4.79 Å². The Bertz CT molecular complexity index is 1270. The number of rotatable bonds is 9. The molecule has 0 aliphatic carbocycles. The van der Waals surface area contributed by atoms with Crippen LogP contribution in [0.5, 0.6) is 11.8 Å². The average molecular weight is 479 g/mol. The summed E-state index contributed by atoms with van der Waals surface area (Å²) in [7, 11) is 0. The first-order valence-corrected chi connectivity index (χ1v) is 12.4.